The zero-order chi connectivity index (χ0) is 96.9. The Hall–Kier alpha value is -19.7. The monoisotopic (exact) mass is 1870 g/mol. The van der Waals surface area contributed by atoms with Gasteiger partial charge in [-0.2, -0.15) is 0 Å². The molecule has 0 atom stereocenters. The van der Waals surface area contributed by atoms with Gasteiger partial charge in [-0.15, -0.1) is 0 Å². The van der Waals surface area contributed by atoms with Crippen LogP contribution in [0.2, 0.25) is 0 Å². The Kier molecular flexibility index (Phi) is 20.8. The molecule has 0 aliphatic heterocycles. The van der Waals surface area contributed by atoms with Gasteiger partial charge in [0.1, 0.15) is 33.5 Å². The number of hydrogen-bond donors (Lipinski definition) is 0. The minimum Gasteiger partial charge on any atom is -0.455 e. The van der Waals surface area contributed by atoms with Crippen LogP contribution in [0.1, 0.15) is 0 Å². The van der Waals surface area contributed by atoms with Gasteiger partial charge in [-0.1, -0.05) is 400 Å². The number of benzene rings is 23. The lowest BCUT2D eigenvalue weighted by molar-refractivity contribution is 0.670. The summed E-state index contributed by atoms with van der Waals surface area (Å²) in [6, 6.07) is 174. The number of furan rings is 3. The number of rotatable bonds is 12. The second-order valence-electron chi connectivity index (χ2n) is 37.8. The highest BCUT2D eigenvalue weighted by Crippen LogP contribution is 2.52. The SMILES string of the molecule is c1ccc(-c2cc(-c3ccc(-c4cc5ccccc5c5c4oc4ccc6ccccc6c45)c4ccccc34)cc(-c3ccccc3)n2)cc1.c1ccc(-c2cc(-c3ccccc3)nc(-c3ccc(-c4cc5ccccc5c5c4oc4ccc6ccccc6c45)c4ccccc34)n2)cc1.c1cncc(-c2cc(-c3cccnc3)cc(-c3ccc(-c4cc5ccccc5c5c4oc4ccc6ccccc6c45)c4ccccc34)c2)c1. The minimum atomic E-state index is 0.696. The molecule has 0 spiro atoms. The van der Waals surface area contributed by atoms with Crippen molar-refractivity contribution in [1.29, 1.82) is 0 Å². The Balaban J connectivity index is 0.000000107. The van der Waals surface area contributed by atoms with E-state index in [1.807, 2.05) is 61.2 Å². The van der Waals surface area contributed by atoms with E-state index < -0.39 is 0 Å². The molecular weight excluding hydrogens is 1790 g/mol. The van der Waals surface area contributed by atoms with Crippen LogP contribution < -0.4 is 0 Å². The Bertz CT molecular complexity index is 9390. The van der Waals surface area contributed by atoms with Crippen molar-refractivity contribution < 1.29 is 13.3 Å². The molecule has 0 saturated carbocycles. The maximum Gasteiger partial charge on any atom is 0.161 e. The molecule has 30 rings (SSSR count). The normalized spacial score (nSPS) is 11.7. The average molecular weight is 1870 g/mol. The van der Waals surface area contributed by atoms with Gasteiger partial charge >= 0.3 is 0 Å². The van der Waals surface area contributed by atoms with Crippen LogP contribution in [0.4, 0.5) is 0 Å². The Morgan fingerprint density at radius 3 is 0.721 bits per heavy atom. The van der Waals surface area contributed by atoms with E-state index in [4.69, 9.17) is 28.2 Å². The zero-order valence-electron chi connectivity index (χ0n) is 79.5. The third-order valence-corrected chi connectivity index (χ3v) is 29.3. The fraction of sp³-hybridized carbons (Fsp3) is 0. The van der Waals surface area contributed by atoms with E-state index in [2.05, 4.69) is 465 Å². The highest BCUT2D eigenvalue weighted by Gasteiger charge is 2.27. The summed E-state index contributed by atoms with van der Waals surface area (Å²) in [5, 5.41) is 28.3. The zero-order valence-corrected chi connectivity index (χ0v) is 79.5. The van der Waals surface area contributed by atoms with Gasteiger partial charge in [-0.3, -0.25) is 9.97 Å². The molecule has 8 nitrogen and oxygen atoms in total. The van der Waals surface area contributed by atoms with Crippen LogP contribution in [0.25, 0.3) is 297 Å². The van der Waals surface area contributed by atoms with Gasteiger partial charge in [0.05, 0.1) is 22.8 Å². The van der Waals surface area contributed by atoms with E-state index in [1.165, 1.54) is 119 Å². The molecule has 0 fully saturated rings. The van der Waals surface area contributed by atoms with Crippen molar-refractivity contribution in [1.82, 2.24) is 24.9 Å². The Labute approximate surface area is 845 Å². The molecular formula is C139H85N5O3. The smallest absolute Gasteiger partial charge is 0.161 e. The van der Waals surface area contributed by atoms with E-state index in [9.17, 15) is 0 Å². The molecule has 147 heavy (non-hydrogen) atoms. The molecule has 684 valence electrons. The molecule has 23 aromatic carbocycles. The lowest BCUT2D eigenvalue weighted by Crippen LogP contribution is -1.97. The summed E-state index contributed by atoms with van der Waals surface area (Å²) >= 11 is 0. The predicted octanol–water partition coefficient (Wildman–Crippen LogP) is 38.1. The molecule has 0 radical (unpaired) electrons. The van der Waals surface area contributed by atoms with Crippen molar-refractivity contribution in [3.8, 4) is 134 Å². The van der Waals surface area contributed by atoms with Crippen LogP contribution >= 0.6 is 0 Å². The summed E-state index contributed by atoms with van der Waals surface area (Å²) in [5.74, 6) is 0.696. The van der Waals surface area contributed by atoms with Crippen LogP contribution in [-0.2, 0) is 0 Å². The maximum absolute atomic E-state index is 6.84. The molecule has 0 saturated heterocycles. The van der Waals surface area contributed by atoms with E-state index in [-0.39, 0.29) is 0 Å². The molecule has 0 bridgehead atoms. The summed E-state index contributed by atoms with van der Waals surface area (Å²) < 4.78 is 20.5. The van der Waals surface area contributed by atoms with Crippen LogP contribution in [0, 0.1) is 0 Å². The second-order valence-corrected chi connectivity index (χ2v) is 37.8. The third kappa shape index (κ3) is 15.0. The van der Waals surface area contributed by atoms with Crippen LogP contribution in [-0.4, -0.2) is 24.9 Å². The summed E-state index contributed by atoms with van der Waals surface area (Å²) in [5.41, 5.74) is 30.1. The number of nitrogens with zero attached hydrogens (tertiary/aromatic N) is 5. The molecule has 0 unspecified atom stereocenters. The van der Waals surface area contributed by atoms with Gasteiger partial charge in [0.2, 0.25) is 0 Å². The van der Waals surface area contributed by atoms with E-state index in [1.54, 1.807) is 0 Å². The van der Waals surface area contributed by atoms with Crippen LogP contribution in [0.5, 0.6) is 0 Å². The topological polar surface area (TPSA) is 104 Å². The molecule has 0 aliphatic rings. The highest BCUT2D eigenvalue weighted by molar-refractivity contribution is 6.33. The maximum atomic E-state index is 6.84. The van der Waals surface area contributed by atoms with Gasteiger partial charge in [-0.05, 0) is 238 Å². The molecule has 0 amide bonds. The summed E-state index contributed by atoms with van der Waals surface area (Å²) in [6.07, 6.45) is 7.48. The lowest BCUT2D eigenvalue weighted by Gasteiger charge is -2.15. The second kappa shape index (κ2) is 35.8. The van der Waals surface area contributed by atoms with E-state index in [0.29, 0.717) is 5.82 Å². The van der Waals surface area contributed by atoms with Crippen molar-refractivity contribution in [3.05, 3.63) is 516 Å². The molecule has 30 aromatic rings. The highest BCUT2D eigenvalue weighted by atomic mass is 16.3. The fourth-order valence-corrected chi connectivity index (χ4v) is 22.5. The van der Waals surface area contributed by atoms with Crippen molar-refractivity contribution >= 4 is 163 Å². The summed E-state index contributed by atoms with van der Waals surface area (Å²) in [7, 11) is 0. The van der Waals surface area contributed by atoms with Gasteiger partial charge in [0.25, 0.3) is 0 Å². The molecule has 7 heterocycles. The largest absolute Gasteiger partial charge is 0.455 e. The molecule has 0 aliphatic carbocycles. The number of fused-ring (bicyclic) bond motifs is 24. The van der Waals surface area contributed by atoms with Crippen molar-refractivity contribution in [2.75, 3.05) is 0 Å². The van der Waals surface area contributed by atoms with Gasteiger partial charge in [-0.25, -0.2) is 15.0 Å². The predicted molar refractivity (Wildman–Crippen MR) is 613 cm³/mol. The lowest BCUT2D eigenvalue weighted by atomic mass is 9.88. The van der Waals surface area contributed by atoms with Crippen LogP contribution in [0.15, 0.2) is 529 Å². The van der Waals surface area contributed by atoms with Crippen molar-refractivity contribution in [2.24, 2.45) is 0 Å². The standard InChI is InChI=1S/C47H29NO.2C46H28N2O/c1-3-14-31(15-4-1)42-28-34(29-43(48-42)32-16-5-2-6-17-32)35-24-25-40(39-22-12-11-21-38(35)39)41-27-33-18-8-10-20-37(33)46-45-36-19-9-7-13-30(36)23-26-44(45)49-47(41)46;1-3-13-37-29(9-1)17-20-43-44(37)45-38-14-4-2-10-30(38)26-42(46(45)49-43)41-19-18-36(39-15-5-6-16-40(39)41)35-24-33(31-11-7-21-47-27-31)23-34(25-35)32-12-8-22-48-28-32;1-3-14-30(15-4-1)40-28-41(31-16-5-2-6-17-31)48-46(47-40)38-25-24-37(35-21-11-12-22-36(35)38)39-27-32-18-8-10-20-34(32)44-43-33-19-9-7-13-29(33)23-26-42(43)49-45(39)44/h1-29H;2*1-28H. The Morgan fingerprint density at radius 2 is 0.395 bits per heavy atom. The minimum absolute atomic E-state index is 0.696. The van der Waals surface area contributed by atoms with Gasteiger partial charge in [0, 0.05) is 113 Å². The Morgan fingerprint density at radius 1 is 0.143 bits per heavy atom. The third-order valence-electron chi connectivity index (χ3n) is 29.3. The average Bonchev–Trinajstić information content (AvgIpc) is 1.58. The van der Waals surface area contributed by atoms with Gasteiger partial charge < -0.3 is 13.3 Å². The van der Waals surface area contributed by atoms with E-state index >= 15 is 0 Å². The first kappa shape index (κ1) is 85.3. The number of hydrogen-bond acceptors (Lipinski definition) is 8. The fourth-order valence-electron chi connectivity index (χ4n) is 22.5. The first-order chi connectivity index (χ1) is 72.9. The van der Waals surface area contributed by atoms with Crippen molar-refractivity contribution in [2.45, 2.75) is 0 Å². The van der Waals surface area contributed by atoms with Crippen molar-refractivity contribution in [3.63, 3.8) is 0 Å². The number of pyridine rings is 3. The first-order valence-electron chi connectivity index (χ1n) is 49.8. The van der Waals surface area contributed by atoms with Crippen LogP contribution in [0.3, 0.4) is 0 Å². The molecule has 0 N–H and O–H groups in total. The summed E-state index contributed by atoms with van der Waals surface area (Å²) in [6.45, 7) is 0. The quantitative estimate of drug-likeness (QED) is 0.119. The molecule has 7 aromatic heterocycles. The first-order valence-corrected chi connectivity index (χ1v) is 49.8. The number of aromatic nitrogens is 5. The van der Waals surface area contributed by atoms with E-state index in [0.717, 1.165) is 172 Å². The van der Waals surface area contributed by atoms with Gasteiger partial charge in [0.15, 0.2) is 5.82 Å². The summed E-state index contributed by atoms with van der Waals surface area (Å²) in [4.78, 5) is 24.3. The molecule has 8 heteroatoms.